The van der Waals surface area contributed by atoms with Gasteiger partial charge in [-0.3, -0.25) is 0 Å². The van der Waals surface area contributed by atoms with Crippen molar-refractivity contribution in [1.29, 1.82) is 0 Å². The second-order valence-corrected chi connectivity index (χ2v) is 4.15. The van der Waals surface area contributed by atoms with Crippen molar-refractivity contribution in [2.75, 3.05) is 13.2 Å². The summed E-state index contributed by atoms with van der Waals surface area (Å²) < 4.78 is 7.49. The predicted molar refractivity (Wildman–Crippen MR) is 58.1 cm³/mol. The second-order valence-electron chi connectivity index (χ2n) is 4.15. The molecule has 0 bridgehead atoms. The minimum absolute atomic E-state index is 0.490. The predicted octanol–water partition coefficient (Wildman–Crippen LogP) is 2.15. The highest BCUT2D eigenvalue weighted by Gasteiger charge is 2.20. The third-order valence-corrected chi connectivity index (χ3v) is 3.04. The first-order valence-corrected chi connectivity index (χ1v) is 5.36. The average molecular weight is 202 g/mol. The van der Waals surface area contributed by atoms with Gasteiger partial charge in [-0.25, -0.2) is 4.98 Å². The van der Waals surface area contributed by atoms with Crippen LogP contribution in [0, 0.1) is 6.92 Å². The molecule has 0 amide bonds. The summed E-state index contributed by atoms with van der Waals surface area (Å²) in [4.78, 5) is 4.68. The molecular weight excluding hydrogens is 188 g/mol. The molecule has 3 rings (SSSR count). The maximum absolute atomic E-state index is 5.39. The van der Waals surface area contributed by atoms with Gasteiger partial charge in [0.15, 0.2) is 0 Å². The highest BCUT2D eigenvalue weighted by atomic mass is 16.5. The van der Waals surface area contributed by atoms with Crippen molar-refractivity contribution in [3.63, 3.8) is 0 Å². The maximum Gasteiger partial charge on any atom is 0.139 e. The molecule has 2 aromatic rings. The molecule has 0 aliphatic carbocycles. The molecule has 0 saturated carbocycles. The molecule has 1 saturated heterocycles. The standard InChI is InChI=1S/C12H14N2O/c1-9-3-2-5-14-7-11(13-12(9)14)10-4-6-15-8-10/h2-3,5,7,10H,4,6,8H2,1H3. The van der Waals surface area contributed by atoms with Crippen LogP contribution in [0.4, 0.5) is 0 Å². The molecule has 1 unspecified atom stereocenters. The van der Waals surface area contributed by atoms with Gasteiger partial charge in [-0.05, 0) is 25.0 Å². The Morgan fingerprint density at radius 1 is 1.53 bits per heavy atom. The highest BCUT2D eigenvalue weighted by Crippen LogP contribution is 2.25. The lowest BCUT2D eigenvalue weighted by atomic mass is 10.1. The van der Waals surface area contributed by atoms with E-state index in [1.54, 1.807) is 0 Å². The summed E-state index contributed by atoms with van der Waals surface area (Å²) in [5.74, 6) is 0.490. The molecule has 0 radical (unpaired) electrons. The Labute approximate surface area is 88.7 Å². The molecule has 3 nitrogen and oxygen atoms in total. The van der Waals surface area contributed by atoms with Crippen molar-refractivity contribution in [3.8, 4) is 0 Å². The third kappa shape index (κ3) is 1.43. The lowest BCUT2D eigenvalue weighted by molar-refractivity contribution is 0.193. The monoisotopic (exact) mass is 202 g/mol. The SMILES string of the molecule is Cc1cccn2cc(C3CCOC3)nc12. The van der Waals surface area contributed by atoms with E-state index in [2.05, 4.69) is 40.8 Å². The van der Waals surface area contributed by atoms with E-state index in [4.69, 9.17) is 4.74 Å². The van der Waals surface area contributed by atoms with Crippen LogP contribution in [0.5, 0.6) is 0 Å². The Hall–Kier alpha value is -1.35. The second kappa shape index (κ2) is 3.35. The van der Waals surface area contributed by atoms with Gasteiger partial charge in [0.05, 0.1) is 12.3 Å². The fraction of sp³-hybridized carbons (Fsp3) is 0.417. The lowest BCUT2D eigenvalue weighted by Gasteiger charge is -2.00. The number of nitrogens with zero attached hydrogens (tertiary/aromatic N) is 2. The number of fused-ring (bicyclic) bond motifs is 1. The van der Waals surface area contributed by atoms with Gasteiger partial charge in [0.25, 0.3) is 0 Å². The molecule has 1 fully saturated rings. The first kappa shape index (κ1) is 8.92. The van der Waals surface area contributed by atoms with Crippen LogP contribution in [0.1, 0.15) is 23.6 Å². The van der Waals surface area contributed by atoms with Crippen molar-refractivity contribution in [3.05, 3.63) is 35.8 Å². The van der Waals surface area contributed by atoms with Crippen LogP contribution < -0.4 is 0 Å². The zero-order chi connectivity index (χ0) is 10.3. The summed E-state index contributed by atoms with van der Waals surface area (Å²) in [6, 6.07) is 4.15. The van der Waals surface area contributed by atoms with E-state index in [9.17, 15) is 0 Å². The fourth-order valence-corrected chi connectivity index (χ4v) is 2.14. The van der Waals surface area contributed by atoms with Gasteiger partial charge >= 0.3 is 0 Å². The molecule has 3 heterocycles. The van der Waals surface area contributed by atoms with Gasteiger partial charge in [-0.2, -0.15) is 0 Å². The first-order valence-electron chi connectivity index (χ1n) is 5.36. The number of hydrogen-bond acceptors (Lipinski definition) is 2. The van der Waals surface area contributed by atoms with E-state index < -0.39 is 0 Å². The molecular formula is C12H14N2O. The number of hydrogen-bond donors (Lipinski definition) is 0. The van der Waals surface area contributed by atoms with Crippen molar-refractivity contribution >= 4 is 5.65 Å². The Balaban J connectivity index is 2.09. The van der Waals surface area contributed by atoms with E-state index in [1.807, 2.05) is 0 Å². The van der Waals surface area contributed by atoms with Crippen LogP contribution in [0.2, 0.25) is 0 Å². The van der Waals surface area contributed by atoms with Crippen molar-refractivity contribution in [1.82, 2.24) is 9.38 Å². The quantitative estimate of drug-likeness (QED) is 0.708. The van der Waals surface area contributed by atoms with Crippen LogP contribution in [0.15, 0.2) is 24.5 Å². The van der Waals surface area contributed by atoms with Gasteiger partial charge in [0.1, 0.15) is 5.65 Å². The molecule has 1 aliphatic rings. The number of rotatable bonds is 1. The Morgan fingerprint density at radius 3 is 3.20 bits per heavy atom. The molecule has 0 aromatic carbocycles. The van der Waals surface area contributed by atoms with E-state index in [0.717, 1.165) is 25.3 Å². The van der Waals surface area contributed by atoms with Crippen molar-refractivity contribution in [2.24, 2.45) is 0 Å². The van der Waals surface area contributed by atoms with E-state index in [-0.39, 0.29) is 0 Å². The summed E-state index contributed by atoms with van der Waals surface area (Å²) in [5.41, 5.74) is 3.46. The van der Waals surface area contributed by atoms with E-state index in [1.165, 1.54) is 11.3 Å². The van der Waals surface area contributed by atoms with Crippen LogP contribution in [-0.4, -0.2) is 22.6 Å². The number of ether oxygens (including phenoxy) is 1. The van der Waals surface area contributed by atoms with Crippen LogP contribution >= 0.6 is 0 Å². The number of aromatic nitrogens is 2. The Bertz CT molecular complexity index is 483. The average Bonchev–Trinajstić information content (AvgIpc) is 2.86. The van der Waals surface area contributed by atoms with Crippen LogP contribution in [0.25, 0.3) is 5.65 Å². The van der Waals surface area contributed by atoms with Gasteiger partial charge in [-0.15, -0.1) is 0 Å². The molecule has 1 aliphatic heterocycles. The summed E-state index contributed by atoms with van der Waals surface area (Å²) in [7, 11) is 0. The fourth-order valence-electron chi connectivity index (χ4n) is 2.14. The largest absolute Gasteiger partial charge is 0.381 e. The van der Waals surface area contributed by atoms with Gasteiger partial charge < -0.3 is 9.14 Å². The smallest absolute Gasteiger partial charge is 0.139 e. The molecule has 15 heavy (non-hydrogen) atoms. The molecule has 3 heteroatoms. The zero-order valence-electron chi connectivity index (χ0n) is 8.81. The zero-order valence-corrected chi connectivity index (χ0v) is 8.81. The first-order chi connectivity index (χ1) is 7.34. The molecule has 0 spiro atoms. The highest BCUT2D eigenvalue weighted by molar-refractivity contribution is 5.48. The minimum Gasteiger partial charge on any atom is -0.381 e. The van der Waals surface area contributed by atoms with Gasteiger partial charge in [0, 0.05) is 24.9 Å². The summed E-state index contributed by atoms with van der Waals surface area (Å²) in [5, 5.41) is 0. The Morgan fingerprint density at radius 2 is 2.47 bits per heavy atom. The number of imidazole rings is 1. The number of aryl methyl sites for hydroxylation is 1. The minimum atomic E-state index is 0.490. The van der Waals surface area contributed by atoms with Gasteiger partial charge in [-0.1, -0.05) is 6.07 Å². The lowest BCUT2D eigenvalue weighted by Crippen LogP contribution is -1.97. The normalized spacial score (nSPS) is 21.3. The van der Waals surface area contributed by atoms with Crippen molar-refractivity contribution < 1.29 is 4.74 Å². The third-order valence-electron chi connectivity index (χ3n) is 3.04. The molecule has 0 N–H and O–H groups in total. The van der Waals surface area contributed by atoms with Crippen LogP contribution in [0.3, 0.4) is 0 Å². The summed E-state index contributed by atoms with van der Waals surface area (Å²) in [6.07, 6.45) is 5.28. The van der Waals surface area contributed by atoms with Crippen LogP contribution in [-0.2, 0) is 4.74 Å². The summed E-state index contributed by atoms with van der Waals surface area (Å²) >= 11 is 0. The molecule has 2 aromatic heterocycles. The van der Waals surface area contributed by atoms with Crippen molar-refractivity contribution in [2.45, 2.75) is 19.3 Å². The Kier molecular flexibility index (Phi) is 1.99. The summed E-state index contributed by atoms with van der Waals surface area (Å²) in [6.45, 7) is 3.79. The van der Waals surface area contributed by atoms with E-state index in [0.29, 0.717) is 5.92 Å². The molecule has 1 atom stereocenters. The van der Waals surface area contributed by atoms with Gasteiger partial charge in [0.2, 0.25) is 0 Å². The maximum atomic E-state index is 5.39. The van der Waals surface area contributed by atoms with E-state index >= 15 is 0 Å². The number of pyridine rings is 1. The molecule has 78 valence electrons. The topological polar surface area (TPSA) is 26.5 Å².